The van der Waals surface area contributed by atoms with Gasteiger partial charge in [0.05, 0.1) is 0 Å². The first kappa shape index (κ1) is 10.1. The second-order valence-electron chi connectivity index (χ2n) is 2.02. The van der Waals surface area contributed by atoms with Crippen molar-refractivity contribution in [2.75, 3.05) is 7.11 Å². The first-order valence-electron chi connectivity index (χ1n) is 3.42. The zero-order valence-corrected chi connectivity index (χ0v) is 9.08. The molecule has 0 bridgehead atoms. The Bertz CT molecular complexity index is 184. The van der Waals surface area contributed by atoms with Gasteiger partial charge >= 0.3 is 0 Å². The van der Waals surface area contributed by atoms with E-state index in [1.807, 2.05) is 36.4 Å². The molecule has 11 heavy (non-hydrogen) atoms. The first-order valence-corrected chi connectivity index (χ1v) is 4.24. The molecule has 0 radical (unpaired) electrons. The van der Waals surface area contributed by atoms with Crippen LogP contribution in [0.2, 0.25) is 0 Å². The van der Waals surface area contributed by atoms with Crippen molar-refractivity contribution >= 4 is 16.6 Å². The summed E-state index contributed by atoms with van der Waals surface area (Å²) in [5.41, 5.74) is 1.17. The molecule has 2 heteroatoms. The minimum Gasteiger partial charge on any atom is -0.431 e. The topological polar surface area (TPSA) is 9.23 Å². The zero-order chi connectivity index (χ0) is 8.53. The molecule has 0 spiro atoms. The van der Waals surface area contributed by atoms with Crippen molar-refractivity contribution in [3.8, 4) is 0 Å². The molecule has 60 valence electrons. The molecule has 0 amide bonds. The molecule has 1 rings (SSSR count). The Morgan fingerprint density at radius 1 is 1.36 bits per heavy atom. The van der Waals surface area contributed by atoms with Crippen LogP contribution >= 0.6 is 0 Å². The molecular formula is C9H14OSi. The van der Waals surface area contributed by atoms with Gasteiger partial charge in [-0.2, -0.15) is 0 Å². The summed E-state index contributed by atoms with van der Waals surface area (Å²) >= 11 is 0. The van der Waals surface area contributed by atoms with E-state index in [4.69, 9.17) is 0 Å². The van der Waals surface area contributed by atoms with E-state index in [1.165, 1.54) is 5.56 Å². The maximum Gasteiger partial charge on any atom is 0.145 e. The fourth-order valence-electron chi connectivity index (χ4n) is 0.589. The van der Waals surface area contributed by atoms with Crippen molar-refractivity contribution in [2.45, 2.75) is 0 Å². The van der Waals surface area contributed by atoms with Crippen LogP contribution in [0.25, 0.3) is 6.08 Å². The van der Waals surface area contributed by atoms with Crippen molar-refractivity contribution in [3.05, 3.63) is 42.5 Å². The Labute approximate surface area is 71.3 Å². The van der Waals surface area contributed by atoms with Crippen molar-refractivity contribution in [1.82, 2.24) is 0 Å². The van der Waals surface area contributed by atoms with E-state index >= 15 is 0 Å². The van der Waals surface area contributed by atoms with Crippen LogP contribution < -0.4 is 0 Å². The maximum absolute atomic E-state index is 4.39. The summed E-state index contributed by atoms with van der Waals surface area (Å²) in [6.07, 6.45) is 1.83. The summed E-state index contributed by atoms with van der Waals surface area (Å²) in [6.45, 7) is 3.63. The molecule has 0 fully saturated rings. The number of hydrogen-bond donors (Lipinski definition) is 0. The molecule has 0 aliphatic carbocycles. The van der Waals surface area contributed by atoms with Crippen molar-refractivity contribution in [3.63, 3.8) is 0 Å². The third kappa shape index (κ3) is 5.57. The summed E-state index contributed by atoms with van der Waals surface area (Å²) in [7, 11) is 2.56. The fourth-order valence-corrected chi connectivity index (χ4v) is 0.589. The lowest BCUT2D eigenvalue weighted by atomic mass is 10.2. The van der Waals surface area contributed by atoms with Crippen LogP contribution in [-0.2, 0) is 4.43 Å². The number of rotatable bonds is 1. The monoisotopic (exact) mass is 166 g/mol. The molecule has 0 unspecified atom stereocenters. The van der Waals surface area contributed by atoms with Crippen LogP contribution in [0.4, 0.5) is 0 Å². The maximum atomic E-state index is 4.39. The first-order chi connectivity index (χ1) is 5.35. The Morgan fingerprint density at radius 2 is 1.82 bits per heavy atom. The molecule has 1 nitrogen and oxygen atoms in total. The van der Waals surface area contributed by atoms with Crippen LogP contribution in [0.5, 0.6) is 0 Å². The van der Waals surface area contributed by atoms with Crippen molar-refractivity contribution in [1.29, 1.82) is 0 Å². The van der Waals surface area contributed by atoms with Crippen LogP contribution in [-0.4, -0.2) is 17.6 Å². The largest absolute Gasteiger partial charge is 0.431 e. The quantitative estimate of drug-likeness (QED) is 0.570. The second-order valence-corrected chi connectivity index (χ2v) is 2.84. The SMILES string of the molecule is C=Cc1ccccc1.CO[SiH3]. The fraction of sp³-hybridized carbons (Fsp3) is 0.111. The van der Waals surface area contributed by atoms with E-state index in [9.17, 15) is 0 Å². The normalized spacial score (nSPS) is 8.09. The van der Waals surface area contributed by atoms with E-state index < -0.39 is 0 Å². The minimum atomic E-state index is 0.869. The average Bonchev–Trinajstić information content (AvgIpc) is 2.08. The van der Waals surface area contributed by atoms with Gasteiger partial charge in [-0.15, -0.1) is 0 Å². The Kier molecular flexibility index (Phi) is 6.68. The lowest BCUT2D eigenvalue weighted by molar-refractivity contribution is 0.460. The summed E-state index contributed by atoms with van der Waals surface area (Å²) < 4.78 is 4.39. The van der Waals surface area contributed by atoms with Crippen LogP contribution in [0, 0.1) is 0 Å². The van der Waals surface area contributed by atoms with E-state index in [1.54, 1.807) is 7.11 Å². The third-order valence-electron chi connectivity index (χ3n) is 1.04. The molecule has 0 saturated heterocycles. The highest BCUT2D eigenvalue weighted by molar-refractivity contribution is 5.97. The lowest BCUT2D eigenvalue weighted by Crippen LogP contribution is -1.63. The van der Waals surface area contributed by atoms with Crippen LogP contribution in [0.15, 0.2) is 36.9 Å². The molecule has 0 atom stereocenters. The summed E-state index contributed by atoms with van der Waals surface area (Å²) in [5.74, 6) is 0. The Balaban J connectivity index is 0.000000292. The highest BCUT2D eigenvalue weighted by Crippen LogP contribution is 1.97. The summed E-state index contributed by atoms with van der Waals surface area (Å²) in [4.78, 5) is 0. The smallest absolute Gasteiger partial charge is 0.145 e. The molecule has 1 aromatic carbocycles. The second kappa shape index (κ2) is 7.25. The third-order valence-corrected chi connectivity index (χ3v) is 1.04. The van der Waals surface area contributed by atoms with Gasteiger partial charge < -0.3 is 4.43 Å². The van der Waals surface area contributed by atoms with Gasteiger partial charge in [0.25, 0.3) is 0 Å². The van der Waals surface area contributed by atoms with Crippen LogP contribution in [0.3, 0.4) is 0 Å². The number of hydrogen-bond acceptors (Lipinski definition) is 1. The van der Waals surface area contributed by atoms with E-state index in [2.05, 4.69) is 11.0 Å². The molecule has 1 aromatic rings. The zero-order valence-electron chi connectivity index (χ0n) is 7.08. The van der Waals surface area contributed by atoms with Gasteiger partial charge in [-0.1, -0.05) is 43.0 Å². The molecule has 0 N–H and O–H groups in total. The highest BCUT2D eigenvalue weighted by Gasteiger charge is 1.75. The van der Waals surface area contributed by atoms with Gasteiger partial charge in [0, 0.05) is 7.11 Å². The number of benzene rings is 1. The summed E-state index contributed by atoms with van der Waals surface area (Å²) in [5, 5.41) is 0. The summed E-state index contributed by atoms with van der Waals surface area (Å²) in [6, 6.07) is 10.0. The van der Waals surface area contributed by atoms with Gasteiger partial charge in [-0.25, -0.2) is 0 Å². The van der Waals surface area contributed by atoms with Gasteiger partial charge in [-0.05, 0) is 5.56 Å². The van der Waals surface area contributed by atoms with Crippen molar-refractivity contribution in [2.24, 2.45) is 0 Å². The molecule has 0 aliphatic heterocycles. The van der Waals surface area contributed by atoms with E-state index in [-0.39, 0.29) is 0 Å². The van der Waals surface area contributed by atoms with Gasteiger partial charge in [0.15, 0.2) is 0 Å². The molecule has 0 heterocycles. The van der Waals surface area contributed by atoms with Crippen LogP contribution in [0.1, 0.15) is 5.56 Å². The lowest BCUT2D eigenvalue weighted by Gasteiger charge is -1.85. The molecule has 0 aliphatic rings. The van der Waals surface area contributed by atoms with E-state index in [0.29, 0.717) is 0 Å². The minimum absolute atomic E-state index is 0.869. The van der Waals surface area contributed by atoms with Crippen molar-refractivity contribution < 1.29 is 4.43 Å². The average molecular weight is 166 g/mol. The predicted octanol–water partition coefficient (Wildman–Crippen LogP) is 1.24. The molecular weight excluding hydrogens is 152 g/mol. The van der Waals surface area contributed by atoms with E-state index in [0.717, 1.165) is 10.5 Å². The standard InChI is InChI=1S/C8H8.CH6OSi/c1-2-8-6-4-3-5-7-8;1-2-3/h2-7H,1H2;1,3H3. The Morgan fingerprint density at radius 3 is 2.09 bits per heavy atom. The van der Waals surface area contributed by atoms with Gasteiger partial charge in [0.2, 0.25) is 0 Å². The Hall–Kier alpha value is -0.863. The van der Waals surface area contributed by atoms with Gasteiger partial charge in [0.1, 0.15) is 10.5 Å². The predicted molar refractivity (Wildman–Crippen MR) is 53.5 cm³/mol. The highest BCUT2D eigenvalue weighted by atomic mass is 28.2. The molecule has 0 saturated carbocycles. The molecule has 0 aromatic heterocycles. The van der Waals surface area contributed by atoms with Gasteiger partial charge in [-0.3, -0.25) is 0 Å².